The van der Waals surface area contributed by atoms with Gasteiger partial charge in [0, 0.05) is 42.2 Å². The zero-order chi connectivity index (χ0) is 21.8. The van der Waals surface area contributed by atoms with Crippen molar-refractivity contribution in [2.75, 3.05) is 37.4 Å². The first-order chi connectivity index (χ1) is 14.9. The van der Waals surface area contributed by atoms with Crippen LogP contribution < -0.4 is 11.1 Å². The Kier molecular flexibility index (Phi) is 6.60. The van der Waals surface area contributed by atoms with Crippen LogP contribution in [0.2, 0.25) is 0 Å². The second-order valence-corrected chi connectivity index (χ2v) is 9.17. The summed E-state index contributed by atoms with van der Waals surface area (Å²) in [7, 11) is 0. The number of amides is 1. The van der Waals surface area contributed by atoms with E-state index in [1.54, 1.807) is 12.1 Å². The van der Waals surface area contributed by atoms with Crippen LogP contribution >= 0.6 is 11.8 Å². The first-order valence-electron chi connectivity index (χ1n) is 10.4. The van der Waals surface area contributed by atoms with Gasteiger partial charge >= 0.3 is 0 Å². The number of rotatable bonds is 5. The SMILES string of the molecule is CC1(c2cc(NC(=O)c3ccc(CN4CCOCC4)cc3)ccc2F)CCSC(N)=N1. The summed E-state index contributed by atoms with van der Waals surface area (Å²) in [6, 6.07) is 12.2. The largest absolute Gasteiger partial charge is 0.379 e. The van der Waals surface area contributed by atoms with Gasteiger partial charge in [0.1, 0.15) is 5.82 Å². The molecule has 3 N–H and O–H groups in total. The third kappa shape index (κ3) is 5.26. The van der Waals surface area contributed by atoms with Gasteiger partial charge in [-0.15, -0.1) is 0 Å². The molecule has 2 aliphatic rings. The lowest BCUT2D eigenvalue weighted by atomic mass is 9.89. The maximum atomic E-state index is 14.6. The number of aliphatic imine (C=N–C) groups is 1. The van der Waals surface area contributed by atoms with Crippen molar-refractivity contribution in [1.29, 1.82) is 0 Å². The van der Waals surface area contributed by atoms with E-state index in [1.807, 2.05) is 31.2 Å². The molecule has 31 heavy (non-hydrogen) atoms. The van der Waals surface area contributed by atoms with Crippen molar-refractivity contribution in [3.63, 3.8) is 0 Å². The number of morpholine rings is 1. The van der Waals surface area contributed by atoms with E-state index in [-0.39, 0.29) is 11.7 Å². The molecule has 0 aliphatic carbocycles. The highest BCUT2D eigenvalue weighted by Crippen LogP contribution is 2.37. The van der Waals surface area contributed by atoms with Gasteiger partial charge in [-0.05, 0) is 49.2 Å². The van der Waals surface area contributed by atoms with Gasteiger partial charge in [0.05, 0.1) is 18.8 Å². The first-order valence-corrected chi connectivity index (χ1v) is 11.4. The van der Waals surface area contributed by atoms with Gasteiger partial charge < -0.3 is 15.8 Å². The molecule has 2 heterocycles. The molecule has 0 saturated carbocycles. The zero-order valence-electron chi connectivity index (χ0n) is 17.6. The number of nitrogens with two attached hydrogens (primary N) is 1. The van der Waals surface area contributed by atoms with Gasteiger partial charge in [0.2, 0.25) is 0 Å². The highest BCUT2D eigenvalue weighted by atomic mass is 32.2. The van der Waals surface area contributed by atoms with E-state index in [0.29, 0.717) is 28.4 Å². The molecule has 1 saturated heterocycles. The molecule has 0 aromatic heterocycles. The molecule has 6 nitrogen and oxygen atoms in total. The van der Waals surface area contributed by atoms with E-state index in [9.17, 15) is 9.18 Å². The van der Waals surface area contributed by atoms with Gasteiger partial charge in [0.15, 0.2) is 5.17 Å². The normalized spacial score (nSPS) is 22.1. The maximum Gasteiger partial charge on any atom is 0.255 e. The van der Waals surface area contributed by atoms with Crippen molar-refractivity contribution in [2.24, 2.45) is 10.7 Å². The predicted octanol–water partition coefficient (Wildman–Crippen LogP) is 3.58. The average Bonchev–Trinajstić information content (AvgIpc) is 2.76. The van der Waals surface area contributed by atoms with E-state index in [4.69, 9.17) is 10.5 Å². The van der Waals surface area contributed by atoms with Crippen molar-refractivity contribution in [3.05, 3.63) is 65.0 Å². The van der Waals surface area contributed by atoms with Crippen molar-refractivity contribution < 1.29 is 13.9 Å². The summed E-state index contributed by atoms with van der Waals surface area (Å²) in [5.74, 6) is 0.192. The highest BCUT2D eigenvalue weighted by molar-refractivity contribution is 8.13. The molecule has 1 fully saturated rings. The number of hydrogen-bond acceptors (Lipinski definition) is 6. The van der Waals surface area contributed by atoms with E-state index < -0.39 is 5.54 Å². The Morgan fingerprint density at radius 1 is 1.26 bits per heavy atom. The molecular weight excluding hydrogens is 415 g/mol. The number of anilines is 1. The van der Waals surface area contributed by atoms with Crippen LogP contribution in [0.15, 0.2) is 47.5 Å². The Labute approximate surface area is 186 Å². The minimum Gasteiger partial charge on any atom is -0.379 e. The molecule has 0 bridgehead atoms. The lowest BCUT2D eigenvalue weighted by molar-refractivity contribution is 0.0342. The molecular formula is C23H27FN4O2S. The number of halogens is 1. The molecule has 1 unspecified atom stereocenters. The number of nitrogens with zero attached hydrogens (tertiary/aromatic N) is 2. The zero-order valence-corrected chi connectivity index (χ0v) is 18.4. The summed E-state index contributed by atoms with van der Waals surface area (Å²) in [6.07, 6.45) is 0.678. The van der Waals surface area contributed by atoms with E-state index >= 15 is 0 Å². The molecule has 1 atom stereocenters. The molecule has 8 heteroatoms. The van der Waals surface area contributed by atoms with Crippen LogP contribution in [0.25, 0.3) is 0 Å². The third-order valence-electron chi connectivity index (χ3n) is 5.73. The quantitative estimate of drug-likeness (QED) is 0.740. The maximum absolute atomic E-state index is 14.6. The number of amidine groups is 1. The smallest absolute Gasteiger partial charge is 0.255 e. The van der Waals surface area contributed by atoms with E-state index in [2.05, 4.69) is 15.2 Å². The van der Waals surface area contributed by atoms with Crippen molar-refractivity contribution in [2.45, 2.75) is 25.4 Å². The summed E-state index contributed by atoms with van der Waals surface area (Å²) in [4.78, 5) is 19.5. The van der Waals surface area contributed by atoms with Crippen LogP contribution in [0.5, 0.6) is 0 Å². The first kappa shape index (κ1) is 21.8. The van der Waals surface area contributed by atoms with Crippen LogP contribution in [-0.2, 0) is 16.8 Å². The fourth-order valence-electron chi connectivity index (χ4n) is 3.88. The number of hydrogen-bond donors (Lipinski definition) is 2. The minimum absolute atomic E-state index is 0.233. The summed E-state index contributed by atoms with van der Waals surface area (Å²) < 4.78 is 20.0. The summed E-state index contributed by atoms with van der Waals surface area (Å²) in [5, 5.41) is 3.33. The summed E-state index contributed by atoms with van der Waals surface area (Å²) >= 11 is 1.47. The van der Waals surface area contributed by atoms with Crippen LogP contribution in [0.4, 0.5) is 10.1 Å². The van der Waals surface area contributed by atoms with Crippen molar-refractivity contribution in [1.82, 2.24) is 4.90 Å². The van der Waals surface area contributed by atoms with Gasteiger partial charge in [0.25, 0.3) is 5.91 Å². The lowest BCUT2D eigenvalue weighted by Gasteiger charge is -2.30. The Morgan fingerprint density at radius 3 is 2.71 bits per heavy atom. The predicted molar refractivity (Wildman–Crippen MR) is 123 cm³/mol. The van der Waals surface area contributed by atoms with Gasteiger partial charge in [-0.3, -0.25) is 14.7 Å². The number of thioether (sulfide) groups is 1. The molecule has 2 aliphatic heterocycles. The van der Waals surface area contributed by atoms with Gasteiger partial charge in [-0.25, -0.2) is 4.39 Å². The topological polar surface area (TPSA) is 80.0 Å². The van der Waals surface area contributed by atoms with E-state index in [1.165, 1.54) is 17.8 Å². The van der Waals surface area contributed by atoms with Crippen molar-refractivity contribution in [3.8, 4) is 0 Å². The van der Waals surface area contributed by atoms with Crippen molar-refractivity contribution >= 4 is 28.5 Å². The summed E-state index contributed by atoms with van der Waals surface area (Å²) in [6.45, 7) is 6.07. The Balaban J connectivity index is 1.45. The minimum atomic E-state index is -0.735. The van der Waals surface area contributed by atoms with Crippen LogP contribution in [0.3, 0.4) is 0 Å². The number of carbonyl (C=O) groups is 1. The van der Waals surface area contributed by atoms with Crippen LogP contribution in [-0.4, -0.2) is 48.0 Å². The van der Waals surface area contributed by atoms with Gasteiger partial charge in [-0.1, -0.05) is 23.9 Å². The standard InChI is InChI=1S/C23H27FN4O2S/c1-23(8-13-31-22(25)27-23)19-14-18(6-7-20(19)24)26-21(29)17-4-2-16(3-5-17)15-28-9-11-30-12-10-28/h2-7,14H,8-13,15H2,1H3,(H2,25,27)(H,26,29). The monoisotopic (exact) mass is 442 g/mol. The number of ether oxygens (including phenoxy) is 1. The lowest BCUT2D eigenvalue weighted by Crippen LogP contribution is -2.35. The molecule has 2 aromatic rings. The third-order valence-corrected chi connectivity index (χ3v) is 6.52. The fraction of sp³-hybridized carbons (Fsp3) is 0.391. The van der Waals surface area contributed by atoms with Gasteiger partial charge in [-0.2, -0.15) is 0 Å². The second-order valence-electron chi connectivity index (χ2n) is 8.06. The number of carbonyl (C=O) groups excluding carboxylic acids is 1. The second kappa shape index (κ2) is 9.38. The molecule has 2 aromatic carbocycles. The molecule has 1 amide bonds. The summed E-state index contributed by atoms with van der Waals surface area (Å²) in [5.41, 5.74) is 7.82. The average molecular weight is 443 g/mol. The number of nitrogens with one attached hydrogen (secondary N) is 1. The Hall–Kier alpha value is -2.42. The Bertz CT molecular complexity index is 976. The molecule has 0 spiro atoms. The highest BCUT2D eigenvalue weighted by Gasteiger charge is 2.32. The Morgan fingerprint density at radius 2 is 2.00 bits per heavy atom. The fourth-order valence-corrected chi connectivity index (χ4v) is 4.85. The van der Waals surface area contributed by atoms with Crippen LogP contribution in [0, 0.1) is 5.82 Å². The van der Waals surface area contributed by atoms with E-state index in [0.717, 1.165) is 44.2 Å². The molecule has 164 valence electrons. The molecule has 0 radical (unpaired) electrons. The number of benzene rings is 2. The molecule has 4 rings (SSSR count). The van der Waals surface area contributed by atoms with Crippen LogP contribution in [0.1, 0.15) is 34.8 Å².